The molecule has 3 aromatic carbocycles. The smallest absolute Gasteiger partial charge is 0.459 e. The Kier molecular flexibility index (Phi) is 9.07. The topological polar surface area (TPSA) is 90.9 Å². The molecular weight excluding hydrogens is 429 g/mol. The summed E-state index contributed by atoms with van der Waals surface area (Å²) < 4.78 is 27.8. The van der Waals surface area contributed by atoms with Crippen molar-refractivity contribution in [1.29, 1.82) is 0 Å². The van der Waals surface area contributed by atoms with Crippen LogP contribution in [-0.4, -0.2) is 24.5 Å². The van der Waals surface area contributed by atoms with E-state index in [-0.39, 0.29) is 19.8 Å². The number of hydrogen-bond donors (Lipinski definition) is 1. The molecule has 0 aliphatic rings. The number of rotatable bonds is 11. The quantitative estimate of drug-likeness (QED) is 0.342. The van der Waals surface area contributed by atoms with Crippen LogP contribution in [0, 0.1) is 0 Å². The van der Waals surface area contributed by atoms with Gasteiger partial charge in [-0.2, -0.15) is 0 Å². The Hall–Kier alpha value is -3.38. The molecule has 0 fully saturated rings. The van der Waals surface area contributed by atoms with Gasteiger partial charge in [0.2, 0.25) is 0 Å². The third kappa shape index (κ3) is 7.71. The number of carbonyl (C=O) groups excluding carboxylic acids is 2. The largest absolute Gasteiger partial charge is 0.697 e. The molecule has 1 amide bonds. The molecule has 0 heterocycles. The van der Waals surface area contributed by atoms with Gasteiger partial charge in [-0.1, -0.05) is 78.9 Å². The second kappa shape index (κ2) is 12.5. The van der Waals surface area contributed by atoms with E-state index in [0.717, 1.165) is 11.1 Å². The van der Waals surface area contributed by atoms with Crippen LogP contribution >= 0.6 is 8.25 Å². The maximum atomic E-state index is 12.6. The van der Waals surface area contributed by atoms with E-state index in [9.17, 15) is 14.2 Å². The van der Waals surface area contributed by atoms with Gasteiger partial charge >= 0.3 is 14.2 Å². The predicted molar refractivity (Wildman–Crippen MR) is 119 cm³/mol. The number of esters is 1. The molecule has 2 atom stereocenters. The Balaban J connectivity index is 1.57. The molecule has 3 rings (SSSR count). The van der Waals surface area contributed by atoms with Crippen LogP contribution in [0.4, 0.5) is 0 Å². The van der Waals surface area contributed by atoms with Crippen LogP contribution in [0.1, 0.15) is 21.5 Å². The fraction of sp³-hybridized carbons (Fsp3) is 0.167. The van der Waals surface area contributed by atoms with E-state index >= 15 is 0 Å². The molecule has 2 unspecified atom stereocenters. The van der Waals surface area contributed by atoms with Crippen molar-refractivity contribution in [2.24, 2.45) is 0 Å². The third-order valence-electron chi connectivity index (χ3n) is 4.38. The minimum Gasteiger partial charge on any atom is -0.459 e. The number of ether oxygens (including phenoxy) is 1. The van der Waals surface area contributed by atoms with E-state index in [1.54, 1.807) is 30.3 Å². The molecule has 3 aromatic rings. The number of carbonyl (C=O) groups is 2. The molecule has 0 aliphatic heterocycles. The van der Waals surface area contributed by atoms with Crippen molar-refractivity contribution >= 4 is 20.1 Å². The van der Waals surface area contributed by atoms with Crippen molar-refractivity contribution in [3.63, 3.8) is 0 Å². The monoisotopic (exact) mass is 452 g/mol. The molecule has 8 heteroatoms. The van der Waals surface area contributed by atoms with Gasteiger partial charge in [0.25, 0.3) is 5.91 Å². The summed E-state index contributed by atoms with van der Waals surface area (Å²) in [6, 6.07) is 25.6. The summed E-state index contributed by atoms with van der Waals surface area (Å²) in [5, 5.41) is 2.58. The zero-order valence-electron chi connectivity index (χ0n) is 17.3. The molecule has 0 bridgehead atoms. The fourth-order valence-corrected chi connectivity index (χ4v) is 3.30. The summed E-state index contributed by atoms with van der Waals surface area (Å²) in [5.41, 5.74) is 2.00. The Morgan fingerprint density at radius 3 is 1.88 bits per heavy atom. The zero-order valence-corrected chi connectivity index (χ0v) is 18.2. The first-order valence-corrected chi connectivity index (χ1v) is 11.0. The average Bonchev–Trinajstić information content (AvgIpc) is 2.85. The van der Waals surface area contributed by atoms with Crippen molar-refractivity contribution in [2.75, 3.05) is 6.61 Å². The summed E-state index contributed by atoms with van der Waals surface area (Å²) in [4.78, 5) is 25.1. The molecular formula is C24H23NO6P+. The third-order valence-corrected chi connectivity index (χ3v) is 5.08. The van der Waals surface area contributed by atoms with Crippen molar-refractivity contribution in [3.05, 3.63) is 108 Å². The van der Waals surface area contributed by atoms with Gasteiger partial charge in [-0.15, -0.1) is 9.05 Å². The SMILES string of the molecule is O=C(NC(CO[P+](=O)OCc1ccccc1)C(=O)OCc1ccccc1)c1ccccc1. The van der Waals surface area contributed by atoms with E-state index < -0.39 is 26.2 Å². The lowest BCUT2D eigenvalue weighted by molar-refractivity contribution is -0.148. The maximum absolute atomic E-state index is 12.6. The summed E-state index contributed by atoms with van der Waals surface area (Å²) in [7, 11) is -2.50. The fourth-order valence-electron chi connectivity index (χ4n) is 2.70. The van der Waals surface area contributed by atoms with Crippen LogP contribution in [0.5, 0.6) is 0 Å². The highest BCUT2D eigenvalue weighted by molar-refractivity contribution is 7.33. The van der Waals surface area contributed by atoms with E-state index in [1.807, 2.05) is 60.7 Å². The van der Waals surface area contributed by atoms with Gasteiger partial charge in [-0.05, 0) is 23.3 Å². The standard InChI is InChI=1S/C24H22NO6P/c26-23(21-14-8-3-9-15-21)25-22(24(27)29-16-19-10-4-1-5-11-19)18-31-32(28)30-17-20-12-6-2-7-13-20/h1-15,22H,16-18H2/p+1. The predicted octanol–water partition coefficient (Wildman–Crippen LogP) is 4.42. The number of nitrogens with one attached hydrogen (secondary N) is 1. The Labute approximate surface area is 187 Å². The van der Waals surface area contributed by atoms with E-state index in [1.165, 1.54) is 0 Å². The number of amides is 1. The normalized spacial score (nSPS) is 11.9. The molecule has 32 heavy (non-hydrogen) atoms. The van der Waals surface area contributed by atoms with Crippen molar-refractivity contribution < 1.29 is 27.9 Å². The zero-order chi connectivity index (χ0) is 22.6. The highest BCUT2D eigenvalue weighted by Gasteiger charge is 2.30. The summed E-state index contributed by atoms with van der Waals surface area (Å²) in [5.74, 6) is -1.18. The van der Waals surface area contributed by atoms with E-state index in [0.29, 0.717) is 5.56 Å². The summed E-state index contributed by atoms with van der Waals surface area (Å²) in [6.45, 7) is -0.236. The lowest BCUT2D eigenvalue weighted by atomic mass is 10.2. The Morgan fingerprint density at radius 1 is 0.750 bits per heavy atom. The van der Waals surface area contributed by atoms with E-state index in [2.05, 4.69) is 5.32 Å². The van der Waals surface area contributed by atoms with Crippen LogP contribution in [-0.2, 0) is 36.4 Å². The molecule has 0 radical (unpaired) electrons. The molecule has 1 N–H and O–H groups in total. The summed E-state index contributed by atoms with van der Waals surface area (Å²) >= 11 is 0. The first-order chi connectivity index (χ1) is 15.6. The Morgan fingerprint density at radius 2 is 1.28 bits per heavy atom. The van der Waals surface area contributed by atoms with Crippen molar-refractivity contribution in [1.82, 2.24) is 5.32 Å². The van der Waals surface area contributed by atoms with Gasteiger partial charge in [-0.3, -0.25) is 4.79 Å². The number of benzene rings is 3. The molecule has 0 saturated carbocycles. The average molecular weight is 452 g/mol. The molecule has 0 spiro atoms. The minimum atomic E-state index is -2.50. The van der Waals surface area contributed by atoms with Crippen molar-refractivity contribution in [3.8, 4) is 0 Å². The van der Waals surface area contributed by atoms with Crippen LogP contribution in [0.2, 0.25) is 0 Å². The van der Waals surface area contributed by atoms with Crippen LogP contribution < -0.4 is 5.32 Å². The van der Waals surface area contributed by atoms with Gasteiger partial charge in [0.1, 0.15) is 19.8 Å². The van der Waals surface area contributed by atoms with Gasteiger partial charge in [0.05, 0.1) is 0 Å². The molecule has 0 aliphatic carbocycles. The first kappa shape index (κ1) is 23.3. The lowest BCUT2D eigenvalue weighted by Gasteiger charge is -2.15. The molecule has 164 valence electrons. The van der Waals surface area contributed by atoms with Gasteiger partial charge in [-0.25, -0.2) is 4.79 Å². The minimum absolute atomic E-state index is 0.0357. The molecule has 0 aromatic heterocycles. The second-order valence-corrected chi connectivity index (χ2v) is 7.73. The Bertz CT molecular complexity index is 1010. The highest BCUT2D eigenvalue weighted by Crippen LogP contribution is 2.26. The van der Waals surface area contributed by atoms with Crippen LogP contribution in [0.3, 0.4) is 0 Å². The van der Waals surface area contributed by atoms with Crippen LogP contribution in [0.15, 0.2) is 91.0 Å². The lowest BCUT2D eigenvalue weighted by Crippen LogP contribution is -2.44. The first-order valence-electron chi connectivity index (χ1n) is 9.95. The second-order valence-electron chi connectivity index (χ2n) is 6.76. The van der Waals surface area contributed by atoms with Gasteiger partial charge in [0.15, 0.2) is 6.04 Å². The maximum Gasteiger partial charge on any atom is 0.697 e. The molecule has 0 saturated heterocycles. The highest BCUT2D eigenvalue weighted by atomic mass is 31.1. The van der Waals surface area contributed by atoms with Crippen LogP contribution in [0.25, 0.3) is 0 Å². The van der Waals surface area contributed by atoms with E-state index in [4.69, 9.17) is 13.8 Å². The van der Waals surface area contributed by atoms with Crippen molar-refractivity contribution in [2.45, 2.75) is 19.3 Å². The summed E-state index contributed by atoms with van der Waals surface area (Å²) in [6.07, 6.45) is 0. The number of hydrogen-bond acceptors (Lipinski definition) is 6. The molecule has 7 nitrogen and oxygen atoms in total. The van der Waals surface area contributed by atoms with Gasteiger partial charge in [0, 0.05) is 10.1 Å². The van der Waals surface area contributed by atoms with Gasteiger partial charge < -0.3 is 10.1 Å².